The molecule has 1 fully saturated rings. The average molecular weight is 493 g/mol. The van der Waals surface area contributed by atoms with Gasteiger partial charge in [0.1, 0.15) is 0 Å². The third-order valence-electron chi connectivity index (χ3n) is 4.16. The van der Waals surface area contributed by atoms with Crippen LogP contribution < -0.4 is 0 Å². The van der Waals surface area contributed by atoms with E-state index in [0.29, 0.717) is 13.1 Å². The smallest absolute Gasteiger partial charge is 0.419 e. The number of amides is 1. The van der Waals surface area contributed by atoms with Crippen molar-refractivity contribution in [2.45, 2.75) is 71.4 Å². The first-order valence-electron chi connectivity index (χ1n) is 10.9. The lowest BCUT2D eigenvalue weighted by molar-refractivity contribution is 0.100. The lowest BCUT2D eigenvalue weighted by atomic mass is 10.3. The predicted molar refractivity (Wildman–Crippen MR) is 133 cm³/mol. The average Bonchev–Trinajstić information content (AvgIpc) is 2.50. The van der Waals surface area contributed by atoms with Gasteiger partial charge in [-0.15, -0.1) is 0 Å². The second kappa shape index (κ2) is 11.0. The molecule has 1 amide bonds. The fourth-order valence-electron chi connectivity index (χ4n) is 3.43. The van der Waals surface area contributed by atoms with Crippen LogP contribution in [0.4, 0.5) is 4.79 Å². The van der Waals surface area contributed by atoms with Crippen LogP contribution in [0.3, 0.4) is 0 Å². The fraction of sp³-hybridized carbons (Fsp3) is 0.842. The summed E-state index contributed by atoms with van der Waals surface area (Å²) in [5.41, 5.74) is 0. The van der Waals surface area contributed by atoms with Gasteiger partial charge in [-0.3, -0.25) is 4.90 Å². The number of hydrogen-bond donors (Lipinski definition) is 0. The summed E-state index contributed by atoms with van der Waals surface area (Å²) in [7, 11) is -8.27. The largest absolute Gasteiger partial charge is 0.469 e. The molecule has 0 aromatic rings. The van der Waals surface area contributed by atoms with Crippen molar-refractivity contribution in [1.29, 1.82) is 0 Å². The molecule has 0 atom stereocenters. The van der Waals surface area contributed by atoms with Crippen LogP contribution >= 0.6 is 0 Å². The number of rotatable bonds is 11. The van der Waals surface area contributed by atoms with Crippen LogP contribution in [-0.4, -0.2) is 82.4 Å². The normalized spacial score (nSPS) is 17.2. The van der Waals surface area contributed by atoms with Crippen LogP contribution in [0.25, 0.3) is 0 Å². The van der Waals surface area contributed by atoms with Crippen LogP contribution in [0, 0.1) is 0 Å². The molecule has 0 spiro atoms. The molecule has 0 N–H and O–H groups in total. The van der Waals surface area contributed by atoms with Gasteiger partial charge in [0.25, 0.3) is 0 Å². The van der Waals surface area contributed by atoms with Crippen molar-refractivity contribution in [3.8, 4) is 0 Å². The minimum absolute atomic E-state index is 0.313. The van der Waals surface area contributed by atoms with Crippen molar-refractivity contribution in [3.63, 3.8) is 0 Å². The van der Waals surface area contributed by atoms with E-state index < -0.39 is 33.8 Å². The Bertz CT molecular complexity index is 524. The van der Waals surface area contributed by atoms with E-state index in [2.05, 4.69) is 70.4 Å². The molecule has 176 valence electrons. The van der Waals surface area contributed by atoms with Crippen molar-refractivity contribution >= 4 is 39.8 Å². The fourth-order valence-corrected chi connectivity index (χ4v) is 18.1. The molecule has 0 radical (unpaired) electrons. The molecule has 1 aliphatic heterocycles. The van der Waals surface area contributed by atoms with E-state index in [4.69, 9.17) is 17.1 Å². The van der Waals surface area contributed by atoms with Gasteiger partial charge < -0.3 is 22.0 Å². The molecule has 0 aromatic carbocycles. The van der Waals surface area contributed by atoms with Crippen LogP contribution in [-0.2, 0) is 17.1 Å². The van der Waals surface area contributed by atoms with E-state index in [1.165, 1.54) is 6.26 Å². The summed E-state index contributed by atoms with van der Waals surface area (Å²) >= 11 is 0. The molecule has 7 nitrogen and oxygen atoms in total. The molecule has 1 rings (SSSR count). The van der Waals surface area contributed by atoms with Crippen molar-refractivity contribution in [2.75, 3.05) is 32.7 Å². The lowest BCUT2D eigenvalue weighted by Gasteiger charge is -2.43. The zero-order valence-electron chi connectivity index (χ0n) is 20.7. The van der Waals surface area contributed by atoms with Crippen LogP contribution in [0.15, 0.2) is 12.8 Å². The number of piperazine rings is 1. The highest BCUT2D eigenvalue weighted by molar-refractivity contribution is 6.90. The molecule has 11 heteroatoms. The highest BCUT2D eigenvalue weighted by Crippen LogP contribution is 2.30. The Balaban J connectivity index is 2.77. The van der Waals surface area contributed by atoms with E-state index in [0.717, 1.165) is 32.1 Å². The van der Waals surface area contributed by atoms with Crippen molar-refractivity contribution < 1.29 is 21.9 Å². The molecular formula is C19H44N2O5Si4. The molecule has 1 saturated heterocycles. The van der Waals surface area contributed by atoms with E-state index in [1.807, 2.05) is 0 Å². The molecule has 0 aromatic heterocycles. The molecular weight excluding hydrogens is 449 g/mol. The molecule has 0 aliphatic carbocycles. The first-order valence-corrected chi connectivity index (χ1v) is 23.1. The molecule has 1 heterocycles. The first-order chi connectivity index (χ1) is 13.5. The van der Waals surface area contributed by atoms with Crippen LogP contribution in [0.5, 0.6) is 0 Å². The predicted octanol–water partition coefficient (Wildman–Crippen LogP) is 4.77. The number of carbonyl (C=O) groups is 1. The minimum Gasteiger partial charge on any atom is -0.419 e. The number of nitrogens with zero attached hydrogens (tertiary/aromatic N) is 2. The zero-order valence-corrected chi connectivity index (χ0v) is 24.7. The van der Waals surface area contributed by atoms with Gasteiger partial charge >= 0.3 is 14.9 Å². The van der Waals surface area contributed by atoms with Gasteiger partial charge in [0.2, 0.25) is 0 Å². The van der Waals surface area contributed by atoms with Gasteiger partial charge in [-0.1, -0.05) is 6.58 Å². The summed E-state index contributed by atoms with van der Waals surface area (Å²) < 4.78 is 25.1. The van der Waals surface area contributed by atoms with E-state index in [-0.39, 0.29) is 6.09 Å². The second-order valence-electron chi connectivity index (χ2n) is 10.8. The maximum atomic E-state index is 11.8. The van der Waals surface area contributed by atoms with Gasteiger partial charge in [-0.05, 0) is 71.9 Å². The maximum Gasteiger partial charge on any atom is 0.469 e. The van der Waals surface area contributed by atoms with E-state index >= 15 is 0 Å². The summed E-state index contributed by atoms with van der Waals surface area (Å²) in [6, 6.07) is 0.852. The Kier molecular flexibility index (Phi) is 10.2. The molecule has 30 heavy (non-hydrogen) atoms. The van der Waals surface area contributed by atoms with Crippen molar-refractivity contribution in [1.82, 2.24) is 9.80 Å². The Hall–Kier alpha value is -0.282. The summed E-state index contributed by atoms with van der Waals surface area (Å²) in [5, 5.41) is 0. The third kappa shape index (κ3) is 11.4. The Labute approximate surface area is 188 Å². The molecule has 0 saturated carbocycles. The summed E-state index contributed by atoms with van der Waals surface area (Å²) in [6.07, 6.45) is 1.85. The van der Waals surface area contributed by atoms with Gasteiger partial charge in [-0.25, -0.2) is 4.79 Å². The Morgan fingerprint density at radius 2 is 1.27 bits per heavy atom. The summed E-state index contributed by atoms with van der Waals surface area (Å²) in [6.45, 7) is 27.4. The molecule has 0 unspecified atom stereocenters. The Morgan fingerprint density at radius 3 is 1.63 bits per heavy atom. The quantitative estimate of drug-likeness (QED) is 0.306. The summed E-state index contributed by atoms with van der Waals surface area (Å²) in [5.74, 6) is 0. The maximum absolute atomic E-state index is 11.8. The molecule has 1 aliphatic rings. The topological polar surface area (TPSA) is 60.5 Å². The number of carbonyl (C=O) groups excluding carboxylic acids is 1. The van der Waals surface area contributed by atoms with Crippen LogP contribution in [0.2, 0.25) is 65.0 Å². The third-order valence-corrected chi connectivity index (χ3v) is 16.2. The zero-order chi connectivity index (χ0) is 23.2. The van der Waals surface area contributed by atoms with Gasteiger partial charge in [0.15, 0.2) is 25.0 Å². The lowest BCUT2D eigenvalue weighted by Crippen LogP contribution is -2.60. The van der Waals surface area contributed by atoms with E-state index in [1.54, 1.807) is 4.90 Å². The van der Waals surface area contributed by atoms with E-state index in [9.17, 15) is 4.79 Å². The van der Waals surface area contributed by atoms with Gasteiger partial charge in [0.05, 0.1) is 6.26 Å². The van der Waals surface area contributed by atoms with Crippen molar-refractivity contribution in [2.24, 2.45) is 0 Å². The highest BCUT2D eigenvalue weighted by Gasteiger charge is 2.49. The monoisotopic (exact) mass is 492 g/mol. The summed E-state index contributed by atoms with van der Waals surface area (Å²) in [4.78, 5) is 16.0. The second-order valence-corrected chi connectivity index (χ2v) is 27.8. The van der Waals surface area contributed by atoms with Gasteiger partial charge in [0, 0.05) is 32.2 Å². The minimum atomic E-state index is -2.77. The van der Waals surface area contributed by atoms with Crippen LogP contribution in [0.1, 0.15) is 6.42 Å². The Morgan fingerprint density at radius 1 is 0.833 bits per heavy atom. The SMILES string of the molecule is C=COC(=O)N1CCN(CCC[Si](O[Si](C)(C)C)(O[Si](C)(C)C)O[Si](C)(C)C)CC1. The highest BCUT2D eigenvalue weighted by atomic mass is 28.5. The number of hydrogen-bond acceptors (Lipinski definition) is 6. The number of ether oxygens (including phenoxy) is 1. The van der Waals surface area contributed by atoms with Gasteiger partial charge in [-0.2, -0.15) is 0 Å². The first kappa shape index (κ1) is 27.8. The molecule has 0 bridgehead atoms. The standard InChI is InChI=1S/C19H44N2O5Si4/c1-11-23-19(22)21-16-14-20(15-17-21)13-12-18-30(24-27(2,3)4,25-28(5,6)7)26-29(8,9)10/h11H,1,12-18H2,2-10H3. The van der Waals surface area contributed by atoms with Crippen molar-refractivity contribution in [3.05, 3.63) is 12.8 Å².